The van der Waals surface area contributed by atoms with Crippen molar-refractivity contribution in [1.29, 1.82) is 0 Å². The minimum Gasteiger partial charge on any atom is -0.466 e. The highest BCUT2D eigenvalue weighted by molar-refractivity contribution is 9.10. The maximum atomic E-state index is 6.02. The molecule has 2 unspecified atom stereocenters. The van der Waals surface area contributed by atoms with Crippen molar-refractivity contribution in [3.05, 3.63) is 22.6 Å². The summed E-state index contributed by atoms with van der Waals surface area (Å²) in [6.45, 7) is 1.94. The molecule has 2 aliphatic rings. The Bertz CT molecular complexity index is 402. The molecule has 2 N–H and O–H groups in total. The molecule has 0 aromatic carbocycles. The number of halogens is 1. The number of furan rings is 1. The zero-order chi connectivity index (χ0) is 12.5. The Kier molecular flexibility index (Phi) is 3.78. The largest absolute Gasteiger partial charge is 0.466 e. The Morgan fingerprint density at radius 2 is 2.17 bits per heavy atom. The Labute approximate surface area is 117 Å². The minimum absolute atomic E-state index is 0.370. The number of nitrogens with zero attached hydrogens (tertiary/aromatic N) is 1. The fraction of sp³-hybridized carbons (Fsp3) is 0.714. The van der Waals surface area contributed by atoms with E-state index >= 15 is 0 Å². The normalized spacial score (nSPS) is 30.3. The van der Waals surface area contributed by atoms with Crippen molar-refractivity contribution in [2.45, 2.75) is 44.2 Å². The Morgan fingerprint density at radius 3 is 2.78 bits per heavy atom. The molecule has 1 saturated heterocycles. The van der Waals surface area contributed by atoms with Gasteiger partial charge in [-0.3, -0.25) is 4.90 Å². The predicted molar refractivity (Wildman–Crippen MR) is 75.3 cm³/mol. The summed E-state index contributed by atoms with van der Waals surface area (Å²) >= 11 is 3.62. The van der Waals surface area contributed by atoms with Crippen LogP contribution in [0, 0.1) is 5.92 Å². The molecule has 3 rings (SSSR count). The molecule has 0 amide bonds. The van der Waals surface area contributed by atoms with Crippen molar-refractivity contribution < 1.29 is 4.42 Å². The van der Waals surface area contributed by atoms with Gasteiger partial charge in [0.25, 0.3) is 0 Å². The van der Waals surface area contributed by atoms with Gasteiger partial charge in [-0.25, -0.2) is 0 Å². The highest BCUT2D eigenvalue weighted by Crippen LogP contribution is 2.43. The van der Waals surface area contributed by atoms with E-state index in [2.05, 4.69) is 20.8 Å². The molecule has 2 heterocycles. The van der Waals surface area contributed by atoms with E-state index in [9.17, 15) is 0 Å². The topological polar surface area (TPSA) is 42.4 Å². The van der Waals surface area contributed by atoms with Crippen molar-refractivity contribution >= 4 is 15.9 Å². The molecule has 0 spiro atoms. The summed E-state index contributed by atoms with van der Waals surface area (Å²) in [5.74, 6) is 1.61. The van der Waals surface area contributed by atoms with Crippen LogP contribution in [-0.4, -0.2) is 24.0 Å². The SMILES string of the molecule is NCC1CCCCN(C2CC2)C1c1occc1Br. The van der Waals surface area contributed by atoms with Gasteiger partial charge in [0.15, 0.2) is 0 Å². The lowest BCUT2D eigenvalue weighted by atomic mass is 9.93. The number of nitrogens with two attached hydrogens (primary N) is 1. The molecule has 1 aromatic rings. The van der Waals surface area contributed by atoms with Crippen LogP contribution in [0.3, 0.4) is 0 Å². The quantitative estimate of drug-likeness (QED) is 0.931. The molecule has 1 saturated carbocycles. The van der Waals surface area contributed by atoms with E-state index in [0.717, 1.165) is 22.8 Å². The molecular weight excluding hydrogens is 292 g/mol. The summed E-state index contributed by atoms with van der Waals surface area (Å²) in [6, 6.07) is 3.13. The van der Waals surface area contributed by atoms with Gasteiger partial charge in [-0.05, 0) is 66.7 Å². The summed E-state index contributed by atoms with van der Waals surface area (Å²) in [7, 11) is 0. The van der Waals surface area contributed by atoms with Gasteiger partial charge in [0.2, 0.25) is 0 Å². The lowest BCUT2D eigenvalue weighted by Crippen LogP contribution is -2.37. The molecule has 0 radical (unpaired) electrons. The average Bonchev–Trinajstić information content (AvgIpc) is 3.15. The van der Waals surface area contributed by atoms with Gasteiger partial charge in [0.05, 0.1) is 16.8 Å². The standard InChI is InChI=1S/C14H21BrN2O/c15-12-6-8-18-14(12)13-10(9-16)3-1-2-7-17(13)11-4-5-11/h6,8,10-11,13H,1-5,7,9,16H2. The molecule has 2 fully saturated rings. The van der Waals surface area contributed by atoms with Crippen LogP contribution in [-0.2, 0) is 0 Å². The third-order valence-corrected chi connectivity index (χ3v) is 4.93. The molecule has 1 aromatic heterocycles. The Hall–Kier alpha value is -0.320. The summed E-state index contributed by atoms with van der Waals surface area (Å²) in [5, 5.41) is 0. The average molecular weight is 313 g/mol. The summed E-state index contributed by atoms with van der Waals surface area (Å²) in [6.07, 6.45) is 8.26. The van der Waals surface area contributed by atoms with Crippen LogP contribution in [0.15, 0.2) is 21.2 Å². The van der Waals surface area contributed by atoms with Gasteiger partial charge in [-0.15, -0.1) is 0 Å². The number of hydrogen-bond acceptors (Lipinski definition) is 3. The summed E-state index contributed by atoms with van der Waals surface area (Å²) in [4.78, 5) is 2.65. The van der Waals surface area contributed by atoms with Crippen molar-refractivity contribution in [3.8, 4) is 0 Å². The molecule has 18 heavy (non-hydrogen) atoms. The van der Waals surface area contributed by atoms with Gasteiger partial charge >= 0.3 is 0 Å². The van der Waals surface area contributed by atoms with Gasteiger partial charge in [-0.1, -0.05) is 6.42 Å². The monoisotopic (exact) mass is 312 g/mol. The molecule has 3 nitrogen and oxygen atoms in total. The lowest BCUT2D eigenvalue weighted by Gasteiger charge is -2.33. The van der Waals surface area contributed by atoms with E-state index < -0.39 is 0 Å². The number of rotatable bonds is 3. The summed E-state index contributed by atoms with van der Waals surface area (Å²) in [5.41, 5.74) is 6.02. The molecule has 0 bridgehead atoms. The molecular formula is C14H21BrN2O. The van der Waals surface area contributed by atoms with E-state index in [0.29, 0.717) is 12.0 Å². The van der Waals surface area contributed by atoms with Gasteiger partial charge in [0.1, 0.15) is 5.76 Å². The second kappa shape index (κ2) is 5.35. The first-order chi connectivity index (χ1) is 8.81. The van der Waals surface area contributed by atoms with E-state index in [1.165, 1.54) is 38.6 Å². The van der Waals surface area contributed by atoms with Crippen LogP contribution in [0.4, 0.5) is 0 Å². The van der Waals surface area contributed by atoms with Crippen LogP contribution < -0.4 is 5.73 Å². The molecule has 100 valence electrons. The molecule has 4 heteroatoms. The third kappa shape index (κ3) is 2.38. The van der Waals surface area contributed by atoms with E-state index in [-0.39, 0.29) is 0 Å². The second-order valence-corrected chi connectivity index (χ2v) is 6.39. The fourth-order valence-corrected chi connectivity index (χ4v) is 3.65. The zero-order valence-electron chi connectivity index (χ0n) is 10.6. The van der Waals surface area contributed by atoms with Crippen LogP contribution in [0.1, 0.15) is 43.9 Å². The van der Waals surface area contributed by atoms with Crippen LogP contribution >= 0.6 is 15.9 Å². The van der Waals surface area contributed by atoms with E-state index in [1.54, 1.807) is 6.26 Å². The third-order valence-electron chi connectivity index (χ3n) is 4.28. The van der Waals surface area contributed by atoms with Crippen molar-refractivity contribution in [3.63, 3.8) is 0 Å². The smallest absolute Gasteiger partial charge is 0.135 e. The Balaban J connectivity index is 1.93. The van der Waals surface area contributed by atoms with Gasteiger partial charge in [0, 0.05) is 6.04 Å². The van der Waals surface area contributed by atoms with Crippen molar-refractivity contribution in [1.82, 2.24) is 4.90 Å². The zero-order valence-corrected chi connectivity index (χ0v) is 12.2. The van der Waals surface area contributed by atoms with Crippen molar-refractivity contribution in [2.24, 2.45) is 11.7 Å². The van der Waals surface area contributed by atoms with Gasteiger partial charge in [-0.2, -0.15) is 0 Å². The van der Waals surface area contributed by atoms with Gasteiger partial charge < -0.3 is 10.2 Å². The predicted octanol–water partition coefficient (Wildman–Crippen LogP) is 3.31. The highest BCUT2D eigenvalue weighted by Gasteiger charge is 2.40. The molecule has 1 aliphatic heterocycles. The number of likely N-dealkylation sites (tertiary alicyclic amines) is 1. The first-order valence-electron chi connectivity index (χ1n) is 7.00. The highest BCUT2D eigenvalue weighted by atomic mass is 79.9. The van der Waals surface area contributed by atoms with E-state index in [1.807, 2.05) is 6.07 Å². The first-order valence-corrected chi connectivity index (χ1v) is 7.79. The lowest BCUT2D eigenvalue weighted by molar-refractivity contribution is 0.127. The summed E-state index contributed by atoms with van der Waals surface area (Å²) < 4.78 is 6.85. The van der Waals surface area contributed by atoms with E-state index in [4.69, 9.17) is 10.2 Å². The molecule has 2 atom stereocenters. The van der Waals surface area contributed by atoms with Crippen LogP contribution in [0.25, 0.3) is 0 Å². The minimum atomic E-state index is 0.370. The van der Waals surface area contributed by atoms with Crippen LogP contribution in [0.5, 0.6) is 0 Å². The first kappa shape index (κ1) is 12.7. The maximum Gasteiger partial charge on any atom is 0.135 e. The second-order valence-electron chi connectivity index (χ2n) is 5.54. The fourth-order valence-electron chi connectivity index (χ4n) is 3.21. The van der Waals surface area contributed by atoms with Crippen molar-refractivity contribution in [2.75, 3.05) is 13.1 Å². The van der Waals surface area contributed by atoms with Crippen LogP contribution in [0.2, 0.25) is 0 Å². The molecule has 1 aliphatic carbocycles. The maximum absolute atomic E-state index is 6.02. The number of hydrogen-bond donors (Lipinski definition) is 1. The Morgan fingerprint density at radius 1 is 1.33 bits per heavy atom.